The standard InChI is InChI=1S/C19H25N5O2/c1-26-16-8-15(24-7-5-17(21)22-18(24)25)3-2-13(16)4-6-23-10-14-9-19(14,11-20)12-23/h2-3,5,7-8,14H,4,6,9-12,20H2,1H3,(H2,21,22,25). The zero-order valence-electron chi connectivity index (χ0n) is 15.0. The molecule has 2 fully saturated rings. The van der Waals surface area contributed by atoms with Crippen molar-refractivity contribution < 1.29 is 4.74 Å². The first-order chi connectivity index (χ1) is 12.5. The van der Waals surface area contributed by atoms with Crippen LogP contribution in [0.4, 0.5) is 5.82 Å². The summed E-state index contributed by atoms with van der Waals surface area (Å²) in [6.45, 7) is 4.07. The fourth-order valence-electron chi connectivity index (χ4n) is 4.17. The van der Waals surface area contributed by atoms with Gasteiger partial charge in [-0.2, -0.15) is 4.98 Å². The van der Waals surface area contributed by atoms with Crippen molar-refractivity contribution in [2.24, 2.45) is 17.1 Å². The maximum atomic E-state index is 12.0. The quantitative estimate of drug-likeness (QED) is 0.789. The van der Waals surface area contributed by atoms with E-state index in [1.54, 1.807) is 19.4 Å². The fourth-order valence-corrected chi connectivity index (χ4v) is 4.17. The Morgan fingerprint density at radius 3 is 2.92 bits per heavy atom. The highest BCUT2D eigenvalue weighted by molar-refractivity contribution is 5.45. The normalized spacial score (nSPS) is 24.5. The molecule has 7 heteroatoms. The molecule has 0 bridgehead atoms. The van der Waals surface area contributed by atoms with Gasteiger partial charge in [-0.05, 0) is 48.4 Å². The number of likely N-dealkylation sites (tertiary alicyclic amines) is 1. The molecule has 7 nitrogen and oxygen atoms in total. The summed E-state index contributed by atoms with van der Waals surface area (Å²) in [6, 6.07) is 7.41. The van der Waals surface area contributed by atoms with Crippen molar-refractivity contribution in [3.8, 4) is 11.4 Å². The summed E-state index contributed by atoms with van der Waals surface area (Å²) < 4.78 is 7.02. The van der Waals surface area contributed by atoms with Crippen LogP contribution in [0.1, 0.15) is 12.0 Å². The molecule has 1 aromatic heterocycles. The van der Waals surface area contributed by atoms with Gasteiger partial charge in [0.2, 0.25) is 0 Å². The van der Waals surface area contributed by atoms with Crippen LogP contribution in [0.5, 0.6) is 5.75 Å². The second kappa shape index (κ2) is 6.41. The molecule has 0 spiro atoms. The highest BCUT2D eigenvalue weighted by Crippen LogP contribution is 2.56. The topological polar surface area (TPSA) is 99.4 Å². The highest BCUT2D eigenvalue weighted by Gasteiger charge is 2.58. The molecule has 2 atom stereocenters. The number of hydrogen-bond acceptors (Lipinski definition) is 6. The third-order valence-electron chi connectivity index (χ3n) is 5.85. The Balaban J connectivity index is 1.48. The first kappa shape index (κ1) is 17.1. The number of nitrogens with zero attached hydrogens (tertiary/aromatic N) is 3. The number of fused-ring (bicyclic) bond motifs is 1. The molecule has 1 aromatic carbocycles. The molecule has 2 heterocycles. The second-order valence-corrected chi connectivity index (χ2v) is 7.45. The lowest BCUT2D eigenvalue weighted by Crippen LogP contribution is -2.30. The van der Waals surface area contributed by atoms with Crippen molar-refractivity contribution >= 4 is 5.82 Å². The van der Waals surface area contributed by atoms with Gasteiger partial charge in [-0.15, -0.1) is 0 Å². The Morgan fingerprint density at radius 2 is 2.23 bits per heavy atom. The summed E-state index contributed by atoms with van der Waals surface area (Å²) in [6.07, 6.45) is 3.83. The lowest BCUT2D eigenvalue weighted by Gasteiger charge is -2.20. The number of hydrogen-bond donors (Lipinski definition) is 2. The largest absolute Gasteiger partial charge is 0.496 e. The van der Waals surface area contributed by atoms with Crippen molar-refractivity contribution in [2.75, 3.05) is 39.0 Å². The minimum absolute atomic E-state index is 0.216. The van der Waals surface area contributed by atoms with Crippen molar-refractivity contribution in [2.45, 2.75) is 12.8 Å². The van der Waals surface area contributed by atoms with Crippen molar-refractivity contribution in [3.05, 3.63) is 46.5 Å². The van der Waals surface area contributed by atoms with E-state index in [0.29, 0.717) is 11.1 Å². The van der Waals surface area contributed by atoms with Gasteiger partial charge in [-0.1, -0.05) is 6.07 Å². The molecule has 2 aromatic rings. The van der Waals surface area contributed by atoms with Gasteiger partial charge in [-0.3, -0.25) is 4.57 Å². The lowest BCUT2D eigenvalue weighted by molar-refractivity contribution is 0.284. The van der Waals surface area contributed by atoms with Gasteiger partial charge in [0.1, 0.15) is 11.6 Å². The van der Waals surface area contributed by atoms with Crippen molar-refractivity contribution in [1.29, 1.82) is 0 Å². The highest BCUT2D eigenvalue weighted by atomic mass is 16.5. The Kier molecular flexibility index (Phi) is 4.20. The molecule has 2 aliphatic rings. The number of anilines is 1. The van der Waals surface area contributed by atoms with Crippen LogP contribution in [0.2, 0.25) is 0 Å². The minimum Gasteiger partial charge on any atom is -0.496 e. The Bertz CT molecular complexity index is 876. The third-order valence-corrected chi connectivity index (χ3v) is 5.85. The zero-order chi connectivity index (χ0) is 18.3. The molecule has 1 aliphatic carbocycles. The predicted octanol–water partition coefficient (Wildman–Crippen LogP) is 0.646. The zero-order valence-corrected chi connectivity index (χ0v) is 15.0. The van der Waals surface area contributed by atoms with Crippen LogP contribution in [0.3, 0.4) is 0 Å². The average molecular weight is 355 g/mol. The third kappa shape index (κ3) is 2.97. The van der Waals surface area contributed by atoms with Gasteiger partial charge in [0.25, 0.3) is 0 Å². The number of aromatic nitrogens is 2. The number of ether oxygens (including phenoxy) is 1. The molecule has 4 N–H and O–H groups in total. The number of methoxy groups -OCH3 is 1. The summed E-state index contributed by atoms with van der Waals surface area (Å²) >= 11 is 0. The molecule has 4 rings (SSSR count). The number of rotatable bonds is 6. The Hall–Kier alpha value is -2.38. The Morgan fingerprint density at radius 1 is 1.38 bits per heavy atom. The van der Waals surface area contributed by atoms with Gasteiger partial charge >= 0.3 is 5.69 Å². The second-order valence-electron chi connectivity index (χ2n) is 7.45. The molecule has 1 aliphatic heterocycles. The molecule has 26 heavy (non-hydrogen) atoms. The van der Waals surface area contributed by atoms with Crippen LogP contribution in [0.15, 0.2) is 35.3 Å². The molecular formula is C19H25N5O2. The van der Waals surface area contributed by atoms with E-state index in [1.807, 2.05) is 18.2 Å². The molecule has 2 unspecified atom stereocenters. The number of nitrogen functional groups attached to an aromatic ring is 1. The van der Waals surface area contributed by atoms with Gasteiger partial charge in [-0.25, -0.2) is 4.79 Å². The SMILES string of the molecule is COc1cc(-n2ccc(N)nc2=O)ccc1CCN1CC2CC2(CN)C1. The van der Waals surface area contributed by atoms with Gasteiger partial charge < -0.3 is 21.1 Å². The van der Waals surface area contributed by atoms with E-state index in [4.69, 9.17) is 16.2 Å². The number of nitrogens with two attached hydrogens (primary N) is 2. The van der Waals surface area contributed by atoms with Crippen LogP contribution < -0.4 is 21.9 Å². The van der Waals surface area contributed by atoms with E-state index in [9.17, 15) is 4.79 Å². The van der Waals surface area contributed by atoms with E-state index in [2.05, 4.69) is 9.88 Å². The number of piperidine rings is 1. The minimum atomic E-state index is -0.400. The van der Waals surface area contributed by atoms with Gasteiger partial charge in [0, 0.05) is 31.9 Å². The summed E-state index contributed by atoms with van der Waals surface area (Å²) in [5, 5.41) is 0. The smallest absolute Gasteiger partial charge is 0.354 e. The first-order valence-electron chi connectivity index (χ1n) is 8.99. The summed E-state index contributed by atoms with van der Waals surface area (Å²) in [5.41, 5.74) is 13.3. The lowest BCUT2D eigenvalue weighted by atomic mass is 10.1. The molecular weight excluding hydrogens is 330 g/mol. The maximum absolute atomic E-state index is 12.0. The summed E-state index contributed by atoms with van der Waals surface area (Å²) in [7, 11) is 1.65. The molecule has 1 saturated carbocycles. The maximum Gasteiger partial charge on any atom is 0.354 e. The van der Waals surface area contributed by atoms with E-state index >= 15 is 0 Å². The van der Waals surface area contributed by atoms with Gasteiger partial charge in [0.15, 0.2) is 0 Å². The summed E-state index contributed by atoms with van der Waals surface area (Å²) in [4.78, 5) is 18.3. The predicted molar refractivity (Wildman–Crippen MR) is 101 cm³/mol. The average Bonchev–Trinajstić information content (AvgIpc) is 3.21. The van der Waals surface area contributed by atoms with E-state index in [0.717, 1.165) is 49.8 Å². The van der Waals surface area contributed by atoms with E-state index < -0.39 is 5.69 Å². The molecule has 138 valence electrons. The van der Waals surface area contributed by atoms with Crippen molar-refractivity contribution in [1.82, 2.24) is 14.5 Å². The first-order valence-corrected chi connectivity index (χ1v) is 8.99. The summed E-state index contributed by atoms with van der Waals surface area (Å²) in [5.74, 6) is 1.79. The van der Waals surface area contributed by atoms with Crippen LogP contribution in [-0.4, -0.2) is 47.7 Å². The molecule has 0 radical (unpaired) electrons. The van der Waals surface area contributed by atoms with E-state index in [1.165, 1.54) is 11.0 Å². The van der Waals surface area contributed by atoms with Crippen LogP contribution in [0, 0.1) is 11.3 Å². The Labute approximate surface area is 152 Å². The van der Waals surface area contributed by atoms with Crippen LogP contribution in [0.25, 0.3) is 5.69 Å². The monoisotopic (exact) mass is 355 g/mol. The van der Waals surface area contributed by atoms with Crippen LogP contribution >= 0.6 is 0 Å². The molecule has 1 saturated heterocycles. The number of benzene rings is 1. The van der Waals surface area contributed by atoms with Crippen molar-refractivity contribution in [3.63, 3.8) is 0 Å². The fraction of sp³-hybridized carbons (Fsp3) is 0.474. The molecule has 0 amide bonds. The van der Waals surface area contributed by atoms with E-state index in [-0.39, 0.29) is 5.82 Å². The van der Waals surface area contributed by atoms with Gasteiger partial charge in [0.05, 0.1) is 12.8 Å². The van der Waals surface area contributed by atoms with Crippen LogP contribution in [-0.2, 0) is 6.42 Å².